The summed E-state index contributed by atoms with van der Waals surface area (Å²) >= 11 is 3.92. The SMILES string of the molecule is O=C(CS)Nc1cccc(Nc2ccccc2)c1. The molecular weight excluding hydrogens is 244 g/mol. The van der Waals surface area contributed by atoms with E-state index in [1.54, 1.807) is 0 Å². The Morgan fingerprint density at radius 3 is 2.33 bits per heavy atom. The third kappa shape index (κ3) is 3.53. The van der Waals surface area contributed by atoms with Crippen molar-refractivity contribution in [1.29, 1.82) is 0 Å². The Labute approximate surface area is 112 Å². The van der Waals surface area contributed by atoms with Gasteiger partial charge in [0.1, 0.15) is 0 Å². The number of hydrogen-bond acceptors (Lipinski definition) is 3. The molecular formula is C14H14N2OS. The second kappa shape index (κ2) is 6.12. The van der Waals surface area contributed by atoms with Crippen LogP contribution in [0.25, 0.3) is 0 Å². The van der Waals surface area contributed by atoms with Crippen molar-refractivity contribution in [3.63, 3.8) is 0 Å². The fourth-order valence-corrected chi connectivity index (χ4v) is 1.64. The van der Waals surface area contributed by atoms with Crippen LogP contribution in [-0.4, -0.2) is 11.7 Å². The molecule has 0 aliphatic heterocycles. The number of hydrogen-bond donors (Lipinski definition) is 3. The molecule has 2 aromatic rings. The van der Waals surface area contributed by atoms with E-state index in [4.69, 9.17) is 0 Å². The predicted molar refractivity (Wildman–Crippen MR) is 78.6 cm³/mol. The van der Waals surface area contributed by atoms with E-state index in [-0.39, 0.29) is 11.7 Å². The van der Waals surface area contributed by atoms with Gasteiger partial charge in [-0.1, -0.05) is 24.3 Å². The summed E-state index contributed by atoms with van der Waals surface area (Å²) in [5.74, 6) is 0.0614. The summed E-state index contributed by atoms with van der Waals surface area (Å²) in [5.41, 5.74) is 2.70. The van der Waals surface area contributed by atoms with Gasteiger partial charge >= 0.3 is 0 Å². The maximum atomic E-state index is 11.2. The lowest BCUT2D eigenvalue weighted by atomic mass is 10.2. The Morgan fingerprint density at radius 2 is 1.61 bits per heavy atom. The fourth-order valence-electron chi connectivity index (χ4n) is 1.56. The van der Waals surface area contributed by atoms with Crippen LogP contribution in [0.4, 0.5) is 17.1 Å². The van der Waals surface area contributed by atoms with Crippen molar-refractivity contribution in [3.8, 4) is 0 Å². The summed E-state index contributed by atoms with van der Waals surface area (Å²) in [5, 5.41) is 6.03. The average Bonchev–Trinajstić information content (AvgIpc) is 2.40. The Balaban J connectivity index is 2.10. The van der Waals surface area contributed by atoms with E-state index in [1.165, 1.54) is 0 Å². The molecule has 0 unspecified atom stereocenters. The third-order valence-corrected chi connectivity index (χ3v) is 2.64. The number of amides is 1. The molecule has 0 atom stereocenters. The van der Waals surface area contributed by atoms with Crippen LogP contribution in [-0.2, 0) is 4.79 Å². The second-order valence-corrected chi connectivity index (χ2v) is 4.09. The lowest BCUT2D eigenvalue weighted by Gasteiger charge is -2.08. The van der Waals surface area contributed by atoms with Gasteiger partial charge in [0.15, 0.2) is 0 Å². The van der Waals surface area contributed by atoms with Crippen molar-refractivity contribution >= 4 is 35.6 Å². The molecule has 18 heavy (non-hydrogen) atoms. The summed E-state index contributed by atoms with van der Waals surface area (Å²) in [4.78, 5) is 11.2. The molecule has 0 bridgehead atoms. The number of benzene rings is 2. The van der Waals surface area contributed by atoms with Crippen LogP contribution in [0, 0.1) is 0 Å². The van der Waals surface area contributed by atoms with E-state index in [9.17, 15) is 4.79 Å². The molecule has 0 aliphatic carbocycles. The monoisotopic (exact) mass is 258 g/mol. The van der Waals surface area contributed by atoms with Gasteiger partial charge in [0.2, 0.25) is 5.91 Å². The Bertz CT molecular complexity index is 528. The lowest BCUT2D eigenvalue weighted by molar-refractivity contribution is -0.113. The van der Waals surface area contributed by atoms with E-state index < -0.39 is 0 Å². The molecule has 0 spiro atoms. The standard InChI is InChI=1S/C14H14N2OS/c17-14(10-18)16-13-8-4-7-12(9-13)15-11-5-2-1-3-6-11/h1-9,15,18H,10H2,(H,16,17). The first kappa shape index (κ1) is 12.5. The quantitative estimate of drug-likeness (QED) is 0.736. The number of thiol groups is 1. The highest BCUT2D eigenvalue weighted by Crippen LogP contribution is 2.19. The van der Waals surface area contributed by atoms with Gasteiger partial charge in [-0.2, -0.15) is 12.6 Å². The van der Waals surface area contributed by atoms with Crippen molar-refractivity contribution in [1.82, 2.24) is 0 Å². The summed E-state index contributed by atoms with van der Waals surface area (Å²) < 4.78 is 0. The summed E-state index contributed by atoms with van der Waals surface area (Å²) in [6.45, 7) is 0. The van der Waals surface area contributed by atoms with Gasteiger partial charge in [-0.15, -0.1) is 0 Å². The minimum atomic E-state index is -0.116. The van der Waals surface area contributed by atoms with Crippen molar-refractivity contribution in [3.05, 3.63) is 54.6 Å². The van der Waals surface area contributed by atoms with Crippen molar-refractivity contribution in [2.75, 3.05) is 16.4 Å². The minimum absolute atomic E-state index is 0.116. The highest BCUT2D eigenvalue weighted by Gasteiger charge is 2.00. The number of carbonyl (C=O) groups excluding carboxylic acids is 1. The van der Waals surface area contributed by atoms with Crippen LogP contribution in [0.5, 0.6) is 0 Å². The first-order valence-electron chi connectivity index (χ1n) is 5.61. The highest BCUT2D eigenvalue weighted by molar-refractivity contribution is 7.81. The maximum Gasteiger partial charge on any atom is 0.234 e. The zero-order valence-corrected chi connectivity index (χ0v) is 10.7. The average molecular weight is 258 g/mol. The van der Waals surface area contributed by atoms with E-state index in [1.807, 2.05) is 54.6 Å². The van der Waals surface area contributed by atoms with Crippen LogP contribution in [0.2, 0.25) is 0 Å². The van der Waals surface area contributed by atoms with Gasteiger partial charge < -0.3 is 10.6 Å². The predicted octanol–water partition coefficient (Wildman–Crippen LogP) is 3.30. The summed E-state index contributed by atoms with van der Waals surface area (Å²) in [7, 11) is 0. The van der Waals surface area contributed by atoms with Crippen LogP contribution in [0.15, 0.2) is 54.6 Å². The molecule has 0 saturated carbocycles. The largest absolute Gasteiger partial charge is 0.355 e. The topological polar surface area (TPSA) is 41.1 Å². The Kier molecular flexibility index (Phi) is 4.25. The molecule has 2 aromatic carbocycles. The second-order valence-electron chi connectivity index (χ2n) is 3.78. The third-order valence-electron chi connectivity index (χ3n) is 2.35. The maximum absolute atomic E-state index is 11.2. The summed E-state index contributed by atoms with van der Waals surface area (Å²) in [6, 6.07) is 17.4. The van der Waals surface area contributed by atoms with E-state index >= 15 is 0 Å². The van der Waals surface area contributed by atoms with Crippen molar-refractivity contribution in [2.24, 2.45) is 0 Å². The smallest absolute Gasteiger partial charge is 0.234 e. The van der Waals surface area contributed by atoms with Crippen LogP contribution >= 0.6 is 12.6 Å². The number of carbonyl (C=O) groups is 1. The first-order chi connectivity index (χ1) is 8.78. The highest BCUT2D eigenvalue weighted by atomic mass is 32.1. The molecule has 0 radical (unpaired) electrons. The van der Waals surface area contributed by atoms with Crippen LogP contribution in [0.1, 0.15) is 0 Å². The fraction of sp³-hybridized carbons (Fsp3) is 0.0714. The molecule has 0 saturated heterocycles. The molecule has 0 aliphatic rings. The molecule has 2 N–H and O–H groups in total. The number of anilines is 3. The Hall–Kier alpha value is -1.94. The summed E-state index contributed by atoms with van der Waals surface area (Å²) in [6.07, 6.45) is 0. The molecule has 3 nitrogen and oxygen atoms in total. The number of nitrogens with one attached hydrogen (secondary N) is 2. The molecule has 92 valence electrons. The number of rotatable bonds is 4. The molecule has 1 amide bonds. The Morgan fingerprint density at radius 1 is 0.944 bits per heavy atom. The van der Waals surface area contributed by atoms with E-state index in [0.717, 1.165) is 17.1 Å². The molecule has 0 heterocycles. The molecule has 0 fully saturated rings. The van der Waals surface area contributed by atoms with Crippen LogP contribution in [0.3, 0.4) is 0 Å². The van der Waals surface area contributed by atoms with Gasteiger partial charge in [-0.25, -0.2) is 0 Å². The van der Waals surface area contributed by atoms with Crippen molar-refractivity contribution < 1.29 is 4.79 Å². The van der Waals surface area contributed by atoms with Crippen LogP contribution < -0.4 is 10.6 Å². The first-order valence-corrected chi connectivity index (χ1v) is 6.24. The van der Waals surface area contributed by atoms with Crippen molar-refractivity contribution in [2.45, 2.75) is 0 Å². The van der Waals surface area contributed by atoms with Gasteiger partial charge in [0.05, 0.1) is 5.75 Å². The minimum Gasteiger partial charge on any atom is -0.355 e. The number of para-hydroxylation sites is 1. The van der Waals surface area contributed by atoms with E-state index in [0.29, 0.717) is 0 Å². The van der Waals surface area contributed by atoms with Gasteiger partial charge in [0.25, 0.3) is 0 Å². The van der Waals surface area contributed by atoms with Gasteiger partial charge in [0, 0.05) is 17.1 Å². The van der Waals surface area contributed by atoms with Gasteiger partial charge in [-0.3, -0.25) is 4.79 Å². The normalized spacial score (nSPS) is 9.83. The molecule has 0 aromatic heterocycles. The van der Waals surface area contributed by atoms with Gasteiger partial charge in [-0.05, 0) is 30.3 Å². The van der Waals surface area contributed by atoms with E-state index in [2.05, 4.69) is 23.3 Å². The zero-order valence-electron chi connectivity index (χ0n) is 9.76. The molecule has 2 rings (SSSR count). The zero-order chi connectivity index (χ0) is 12.8. The lowest BCUT2D eigenvalue weighted by Crippen LogP contribution is -2.12. The molecule has 4 heteroatoms.